The van der Waals surface area contributed by atoms with Crippen molar-refractivity contribution in [3.05, 3.63) is 35.9 Å². The van der Waals surface area contributed by atoms with Crippen LogP contribution in [0.15, 0.2) is 30.3 Å². The van der Waals surface area contributed by atoms with Crippen LogP contribution in [0.5, 0.6) is 0 Å². The maximum atomic E-state index is 6.15. The molecule has 1 aliphatic heterocycles. The number of fused-ring (bicyclic) bond motifs is 1. The molecule has 0 aromatic heterocycles. The summed E-state index contributed by atoms with van der Waals surface area (Å²) in [6.45, 7) is 3.36. The average molecular weight is 188 g/mol. The lowest BCUT2D eigenvalue weighted by Gasteiger charge is -2.18. The molecule has 74 valence electrons. The fraction of sp³-hybridized carbons (Fsp3) is 0.500. The van der Waals surface area contributed by atoms with Gasteiger partial charge in [0.25, 0.3) is 0 Å². The second-order valence-electron chi connectivity index (χ2n) is 4.79. The van der Waals surface area contributed by atoms with E-state index in [1.54, 1.807) is 0 Å². The van der Waals surface area contributed by atoms with Gasteiger partial charge in [-0.05, 0) is 17.9 Å². The molecule has 0 bridgehead atoms. The molecule has 14 heavy (non-hydrogen) atoms. The molecule has 0 radical (unpaired) electrons. The standard InChI is InChI=1S/C12H16N2/c13-12-6-11(12)8-14(9-12)7-10-4-2-1-3-5-10/h1-5,11H,6-9,13H2. The Morgan fingerprint density at radius 2 is 2.14 bits per heavy atom. The molecule has 2 atom stereocenters. The zero-order valence-corrected chi connectivity index (χ0v) is 8.32. The Hall–Kier alpha value is -0.860. The smallest absolute Gasteiger partial charge is 0.0328 e. The van der Waals surface area contributed by atoms with Crippen molar-refractivity contribution >= 4 is 0 Å². The van der Waals surface area contributed by atoms with Crippen molar-refractivity contribution in [2.45, 2.75) is 18.5 Å². The van der Waals surface area contributed by atoms with Crippen molar-refractivity contribution in [1.82, 2.24) is 4.90 Å². The van der Waals surface area contributed by atoms with E-state index in [1.807, 2.05) is 0 Å². The van der Waals surface area contributed by atoms with Crippen LogP contribution < -0.4 is 5.73 Å². The highest BCUT2D eigenvalue weighted by atomic mass is 15.2. The van der Waals surface area contributed by atoms with Crippen LogP contribution in [0.25, 0.3) is 0 Å². The predicted molar refractivity (Wildman–Crippen MR) is 56.7 cm³/mol. The van der Waals surface area contributed by atoms with Gasteiger partial charge in [-0.3, -0.25) is 4.90 Å². The Bertz CT molecular complexity index is 335. The molecule has 2 N–H and O–H groups in total. The molecule has 1 aromatic carbocycles. The molecular formula is C12H16N2. The Morgan fingerprint density at radius 3 is 2.79 bits per heavy atom. The summed E-state index contributed by atoms with van der Waals surface area (Å²) in [5, 5.41) is 0. The van der Waals surface area contributed by atoms with Crippen LogP contribution >= 0.6 is 0 Å². The van der Waals surface area contributed by atoms with Crippen molar-refractivity contribution in [3.63, 3.8) is 0 Å². The van der Waals surface area contributed by atoms with Crippen LogP contribution in [0.4, 0.5) is 0 Å². The summed E-state index contributed by atoms with van der Waals surface area (Å²) in [6, 6.07) is 10.6. The molecule has 2 aliphatic rings. The van der Waals surface area contributed by atoms with E-state index in [0.717, 1.165) is 19.0 Å². The zero-order chi connectivity index (χ0) is 9.60. The van der Waals surface area contributed by atoms with Gasteiger partial charge >= 0.3 is 0 Å². The quantitative estimate of drug-likeness (QED) is 0.756. The topological polar surface area (TPSA) is 29.3 Å². The van der Waals surface area contributed by atoms with Crippen molar-refractivity contribution in [1.29, 1.82) is 0 Å². The minimum absolute atomic E-state index is 0.189. The SMILES string of the molecule is NC12CC1CN(Cc1ccccc1)C2. The summed E-state index contributed by atoms with van der Waals surface area (Å²) in [5.41, 5.74) is 7.74. The molecule has 2 heteroatoms. The van der Waals surface area contributed by atoms with Gasteiger partial charge in [0.15, 0.2) is 0 Å². The zero-order valence-electron chi connectivity index (χ0n) is 8.32. The fourth-order valence-electron chi connectivity index (χ4n) is 2.59. The highest BCUT2D eigenvalue weighted by molar-refractivity contribution is 5.19. The van der Waals surface area contributed by atoms with E-state index in [2.05, 4.69) is 35.2 Å². The van der Waals surface area contributed by atoms with Gasteiger partial charge in [-0.25, -0.2) is 0 Å². The molecule has 1 saturated carbocycles. The summed E-state index contributed by atoms with van der Waals surface area (Å²) in [5.74, 6) is 0.784. The highest BCUT2D eigenvalue weighted by Gasteiger charge is 2.56. The highest BCUT2D eigenvalue weighted by Crippen LogP contribution is 2.47. The average Bonchev–Trinajstić information content (AvgIpc) is 2.67. The Morgan fingerprint density at radius 1 is 1.36 bits per heavy atom. The first-order chi connectivity index (χ1) is 6.76. The minimum atomic E-state index is 0.189. The largest absolute Gasteiger partial charge is 0.324 e. The fourth-order valence-corrected chi connectivity index (χ4v) is 2.59. The van der Waals surface area contributed by atoms with Crippen molar-refractivity contribution < 1.29 is 0 Å². The lowest BCUT2D eigenvalue weighted by molar-refractivity contribution is 0.291. The van der Waals surface area contributed by atoms with Gasteiger partial charge in [-0.15, -0.1) is 0 Å². The summed E-state index contributed by atoms with van der Waals surface area (Å²) < 4.78 is 0. The van der Waals surface area contributed by atoms with Crippen LogP contribution in [-0.2, 0) is 6.54 Å². The van der Waals surface area contributed by atoms with Crippen LogP contribution in [0, 0.1) is 5.92 Å². The third-order valence-corrected chi connectivity index (χ3v) is 3.52. The van der Waals surface area contributed by atoms with E-state index in [9.17, 15) is 0 Å². The first-order valence-corrected chi connectivity index (χ1v) is 5.31. The summed E-state index contributed by atoms with van der Waals surface area (Å²) >= 11 is 0. The van der Waals surface area contributed by atoms with E-state index in [0.29, 0.717) is 0 Å². The van der Waals surface area contributed by atoms with Gasteiger partial charge in [-0.1, -0.05) is 30.3 Å². The number of rotatable bonds is 2. The lowest BCUT2D eigenvalue weighted by atomic mass is 10.2. The van der Waals surface area contributed by atoms with Crippen molar-refractivity contribution in [3.8, 4) is 0 Å². The molecule has 1 aliphatic carbocycles. The second kappa shape index (κ2) is 2.81. The lowest BCUT2D eigenvalue weighted by Crippen LogP contribution is -2.32. The first kappa shape index (κ1) is 8.45. The third-order valence-electron chi connectivity index (χ3n) is 3.52. The van der Waals surface area contributed by atoms with E-state index >= 15 is 0 Å². The van der Waals surface area contributed by atoms with Crippen molar-refractivity contribution in [2.75, 3.05) is 13.1 Å². The van der Waals surface area contributed by atoms with E-state index in [-0.39, 0.29) is 5.54 Å². The van der Waals surface area contributed by atoms with Gasteiger partial charge in [-0.2, -0.15) is 0 Å². The maximum Gasteiger partial charge on any atom is 0.0328 e. The molecule has 1 saturated heterocycles. The molecule has 3 rings (SSSR count). The Kier molecular flexibility index (Phi) is 1.70. The number of nitrogens with zero attached hydrogens (tertiary/aromatic N) is 1. The van der Waals surface area contributed by atoms with Crippen LogP contribution in [-0.4, -0.2) is 23.5 Å². The number of hydrogen-bond donors (Lipinski definition) is 1. The normalized spacial score (nSPS) is 35.6. The molecule has 2 nitrogen and oxygen atoms in total. The number of hydrogen-bond acceptors (Lipinski definition) is 2. The van der Waals surface area contributed by atoms with E-state index in [1.165, 1.54) is 18.5 Å². The third kappa shape index (κ3) is 1.35. The summed E-state index contributed by atoms with van der Waals surface area (Å²) in [4.78, 5) is 2.48. The minimum Gasteiger partial charge on any atom is -0.324 e. The first-order valence-electron chi connectivity index (χ1n) is 5.31. The second-order valence-corrected chi connectivity index (χ2v) is 4.79. The van der Waals surface area contributed by atoms with Gasteiger partial charge in [0, 0.05) is 25.2 Å². The van der Waals surface area contributed by atoms with Gasteiger partial charge < -0.3 is 5.73 Å². The molecule has 0 spiro atoms. The van der Waals surface area contributed by atoms with Crippen LogP contribution in [0.3, 0.4) is 0 Å². The van der Waals surface area contributed by atoms with Crippen LogP contribution in [0.2, 0.25) is 0 Å². The van der Waals surface area contributed by atoms with Crippen molar-refractivity contribution in [2.24, 2.45) is 11.7 Å². The number of nitrogens with two attached hydrogens (primary N) is 1. The van der Waals surface area contributed by atoms with Gasteiger partial charge in [0.1, 0.15) is 0 Å². The summed E-state index contributed by atoms with van der Waals surface area (Å²) in [7, 11) is 0. The number of likely N-dealkylation sites (tertiary alicyclic amines) is 1. The molecular weight excluding hydrogens is 172 g/mol. The van der Waals surface area contributed by atoms with Crippen LogP contribution in [0.1, 0.15) is 12.0 Å². The Balaban J connectivity index is 1.65. The maximum absolute atomic E-state index is 6.15. The number of piperidine rings is 1. The summed E-state index contributed by atoms with van der Waals surface area (Å²) in [6.07, 6.45) is 1.25. The number of benzene rings is 1. The van der Waals surface area contributed by atoms with E-state index in [4.69, 9.17) is 5.73 Å². The molecule has 0 amide bonds. The predicted octanol–water partition coefficient (Wildman–Crippen LogP) is 1.22. The van der Waals surface area contributed by atoms with Gasteiger partial charge in [0.2, 0.25) is 0 Å². The van der Waals surface area contributed by atoms with E-state index < -0.39 is 0 Å². The molecule has 2 fully saturated rings. The van der Waals surface area contributed by atoms with Gasteiger partial charge in [0.05, 0.1) is 0 Å². The monoisotopic (exact) mass is 188 g/mol. The molecule has 1 heterocycles. The Labute approximate surface area is 84.7 Å². The molecule has 1 aromatic rings. The molecule has 2 unspecified atom stereocenters.